The second-order valence-electron chi connectivity index (χ2n) is 5.25. The highest BCUT2D eigenvalue weighted by Crippen LogP contribution is 2.40. The van der Waals surface area contributed by atoms with Crippen molar-refractivity contribution >= 4 is 21.6 Å². The van der Waals surface area contributed by atoms with Crippen molar-refractivity contribution in [2.75, 3.05) is 5.73 Å². The Morgan fingerprint density at radius 2 is 2.05 bits per heavy atom. The maximum absolute atomic E-state index is 10.9. The predicted molar refractivity (Wildman–Crippen MR) is 80.9 cm³/mol. The molecular formula is C16H16BrNO. The molecule has 0 aliphatic heterocycles. The van der Waals surface area contributed by atoms with Gasteiger partial charge < -0.3 is 10.8 Å². The Morgan fingerprint density at radius 3 is 2.84 bits per heavy atom. The summed E-state index contributed by atoms with van der Waals surface area (Å²) in [6.45, 7) is 0. The van der Waals surface area contributed by atoms with Gasteiger partial charge in [-0.3, -0.25) is 0 Å². The highest BCUT2D eigenvalue weighted by atomic mass is 79.9. The van der Waals surface area contributed by atoms with Gasteiger partial charge in [0.25, 0.3) is 0 Å². The molecule has 3 N–H and O–H groups in total. The molecule has 2 aromatic rings. The molecule has 1 aliphatic rings. The van der Waals surface area contributed by atoms with Gasteiger partial charge in [0.2, 0.25) is 0 Å². The largest absolute Gasteiger partial charge is 0.399 e. The first-order valence-corrected chi connectivity index (χ1v) is 7.22. The van der Waals surface area contributed by atoms with Crippen LogP contribution in [0.2, 0.25) is 0 Å². The number of anilines is 1. The van der Waals surface area contributed by atoms with Gasteiger partial charge in [0.1, 0.15) is 0 Å². The lowest BCUT2D eigenvalue weighted by molar-refractivity contribution is 0.0389. The van der Waals surface area contributed by atoms with E-state index in [1.165, 1.54) is 5.56 Å². The Balaban J connectivity index is 1.94. The van der Waals surface area contributed by atoms with E-state index in [0.29, 0.717) is 6.42 Å². The summed E-state index contributed by atoms with van der Waals surface area (Å²) in [5.41, 5.74) is 9.16. The van der Waals surface area contributed by atoms with E-state index in [-0.39, 0.29) is 0 Å². The Hall–Kier alpha value is -1.32. The molecule has 1 atom stereocenters. The van der Waals surface area contributed by atoms with Crippen LogP contribution in [-0.4, -0.2) is 5.11 Å². The van der Waals surface area contributed by atoms with Gasteiger partial charge in [-0.25, -0.2) is 0 Å². The summed E-state index contributed by atoms with van der Waals surface area (Å²) in [6, 6.07) is 13.9. The zero-order chi connectivity index (χ0) is 13.5. The van der Waals surface area contributed by atoms with E-state index in [1.54, 1.807) is 0 Å². The third kappa shape index (κ3) is 2.40. The second-order valence-corrected chi connectivity index (χ2v) is 6.17. The first-order chi connectivity index (χ1) is 9.07. The Labute approximate surface area is 121 Å². The minimum absolute atomic E-state index is 0.642. The van der Waals surface area contributed by atoms with Crippen LogP contribution in [0.25, 0.3) is 0 Å². The molecule has 2 nitrogen and oxygen atoms in total. The Kier molecular flexibility index (Phi) is 3.11. The molecule has 1 unspecified atom stereocenters. The molecule has 0 amide bonds. The number of aryl methyl sites for hydroxylation is 1. The van der Waals surface area contributed by atoms with Gasteiger partial charge in [0, 0.05) is 16.6 Å². The number of rotatable bonds is 2. The third-order valence-corrected chi connectivity index (χ3v) is 4.32. The zero-order valence-electron chi connectivity index (χ0n) is 10.6. The fraction of sp³-hybridized carbons (Fsp3) is 0.250. The number of fused-ring (bicyclic) bond motifs is 1. The van der Waals surface area contributed by atoms with Gasteiger partial charge in [0.05, 0.1) is 5.60 Å². The first-order valence-electron chi connectivity index (χ1n) is 6.42. The molecule has 0 fully saturated rings. The van der Waals surface area contributed by atoms with Gasteiger partial charge >= 0.3 is 0 Å². The highest BCUT2D eigenvalue weighted by molar-refractivity contribution is 9.10. The fourth-order valence-corrected chi connectivity index (χ4v) is 3.37. The number of hydrogen-bond donors (Lipinski definition) is 2. The standard InChI is InChI=1S/C16H16BrNO/c17-13-3-1-2-11(8-13)10-16(19)7-6-12-9-14(18)4-5-15(12)16/h1-5,8-9,19H,6-7,10,18H2. The van der Waals surface area contributed by atoms with Gasteiger partial charge in [-0.05, 0) is 53.8 Å². The van der Waals surface area contributed by atoms with E-state index in [2.05, 4.69) is 28.1 Å². The molecule has 0 spiro atoms. The maximum Gasteiger partial charge on any atom is 0.0942 e. The SMILES string of the molecule is Nc1ccc2c(c1)CCC2(O)Cc1cccc(Br)c1. The van der Waals surface area contributed by atoms with Crippen molar-refractivity contribution in [2.24, 2.45) is 0 Å². The smallest absolute Gasteiger partial charge is 0.0942 e. The molecule has 0 radical (unpaired) electrons. The molecule has 1 aliphatic carbocycles. The molecular weight excluding hydrogens is 302 g/mol. The average Bonchev–Trinajstić information content (AvgIpc) is 2.66. The number of nitrogen functional groups attached to an aromatic ring is 1. The molecule has 3 rings (SSSR count). The van der Waals surface area contributed by atoms with Gasteiger partial charge in [0.15, 0.2) is 0 Å². The summed E-state index contributed by atoms with van der Waals surface area (Å²) in [6.07, 6.45) is 2.30. The van der Waals surface area contributed by atoms with Crippen LogP contribution in [0.3, 0.4) is 0 Å². The van der Waals surface area contributed by atoms with Gasteiger partial charge in [-0.1, -0.05) is 34.1 Å². The monoisotopic (exact) mass is 317 g/mol. The van der Waals surface area contributed by atoms with Gasteiger partial charge in [-0.2, -0.15) is 0 Å². The lowest BCUT2D eigenvalue weighted by Crippen LogP contribution is -2.25. The molecule has 0 aromatic heterocycles. The van der Waals surface area contributed by atoms with Crippen molar-refractivity contribution in [3.63, 3.8) is 0 Å². The molecule has 0 saturated carbocycles. The topological polar surface area (TPSA) is 46.2 Å². The van der Waals surface area contributed by atoms with E-state index in [1.807, 2.05) is 30.3 Å². The van der Waals surface area contributed by atoms with Crippen LogP contribution < -0.4 is 5.73 Å². The lowest BCUT2D eigenvalue weighted by atomic mass is 9.89. The minimum atomic E-state index is -0.760. The van der Waals surface area contributed by atoms with Crippen molar-refractivity contribution < 1.29 is 5.11 Å². The lowest BCUT2D eigenvalue weighted by Gasteiger charge is -2.24. The number of nitrogens with two attached hydrogens (primary N) is 1. The van der Waals surface area contributed by atoms with Crippen molar-refractivity contribution in [2.45, 2.75) is 24.9 Å². The van der Waals surface area contributed by atoms with Crippen LogP contribution in [-0.2, 0) is 18.4 Å². The molecule has 3 heteroatoms. The van der Waals surface area contributed by atoms with E-state index in [4.69, 9.17) is 5.73 Å². The third-order valence-electron chi connectivity index (χ3n) is 3.82. The van der Waals surface area contributed by atoms with Gasteiger partial charge in [-0.15, -0.1) is 0 Å². The molecule has 0 bridgehead atoms. The number of hydrogen-bond acceptors (Lipinski definition) is 2. The molecule has 2 aromatic carbocycles. The van der Waals surface area contributed by atoms with E-state index in [9.17, 15) is 5.11 Å². The van der Waals surface area contributed by atoms with Crippen molar-refractivity contribution in [3.05, 3.63) is 63.6 Å². The maximum atomic E-state index is 10.9. The highest BCUT2D eigenvalue weighted by Gasteiger charge is 2.36. The number of halogens is 1. The predicted octanol–water partition coefficient (Wildman–Crippen LogP) is 3.41. The normalized spacial score (nSPS) is 21.4. The first kappa shape index (κ1) is 12.7. The van der Waals surface area contributed by atoms with Crippen LogP contribution in [0.15, 0.2) is 46.9 Å². The van der Waals surface area contributed by atoms with E-state index >= 15 is 0 Å². The minimum Gasteiger partial charge on any atom is -0.399 e. The van der Waals surface area contributed by atoms with Crippen LogP contribution in [0.4, 0.5) is 5.69 Å². The summed E-state index contributed by atoms with van der Waals surface area (Å²) >= 11 is 3.47. The average molecular weight is 318 g/mol. The van der Waals surface area contributed by atoms with Crippen molar-refractivity contribution in [1.82, 2.24) is 0 Å². The van der Waals surface area contributed by atoms with Crippen molar-refractivity contribution in [1.29, 1.82) is 0 Å². The van der Waals surface area contributed by atoms with Crippen LogP contribution >= 0.6 is 15.9 Å². The van der Waals surface area contributed by atoms with Crippen LogP contribution in [0.5, 0.6) is 0 Å². The second kappa shape index (κ2) is 4.66. The van der Waals surface area contributed by atoms with E-state index < -0.39 is 5.60 Å². The summed E-state index contributed by atoms with van der Waals surface area (Å²) in [4.78, 5) is 0. The van der Waals surface area contributed by atoms with Crippen LogP contribution in [0.1, 0.15) is 23.1 Å². The molecule has 0 heterocycles. The van der Waals surface area contributed by atoms with Crippen LogP contribution in [0, 0.1) is 0 Å². The summed E-state index contributed by atoms with van der Waals surface area (Å²) in [7, 11) is 0. The zero-order valence-corrected chi connectivity index (χ0v) is 12.2. The Morgan fingerprint density at radius 1 is 1.21 bits per heavy atom. The van der Waals surface area contributed by atoms with Crippen molar-refractivity contribution in [3.8, 4) is 0 Å². The fourth-order valence-electron chi connectivity index (χ4n) is 2.92. The van der Waals surface area contributed by atoms with E-state index in [0.717, 1.165) is 34.1 Å². The summed E-state index contributed by atoms with van der Waals surface area (Å²) in [5.74, 6) is 0. The Bertz CT molecular complexity index is 626. The quantitative estimate of drug-likeness (QED) is 0.834. The number of aliphatic hydroxyl groups is 1. The molecule has 19 heavy (non-hydrogen) atoms. The molecule has 98 valence electrons. The molecule has 0 saturated heterocycles. The number of benzene rings is 2. The summed E-state index contributed by atoms with van der Waals surface area (Å²) in [5, 5.41) is 10.9. The summed E-state index contributed by atoms with van der Waals surface area (Å²) < 4.78 is 1.05.